The van der Waals surface area contributed by atoms with Crippen molar-refractivity contribution in [1.82, 2.24) is 25.0 Å². The van der Waals surface area contributed by atoms with Crippen LogP contribution in [0.15, 0.2) is 47.5 Å². The number of ether oxygens (including phenoxy) is 1. The van der Waals surface area contributed by atoms with Crippen molar-refractivity contribution in [3.8, 4) is 0 Å². The van der Waals surface area contributed by atoms with Crippen LogP contribution in [-0.4, -0.2) is 43.6 Å². The Kier molecular flexibility index (Phi) is 9.58. The van der Waals surface area contributed by atoms with Crippen LogP contribution in [0.25, 0.3) is 10.8 Å². The molecule has 10 nitrogen and oxygen atoms in total. The lowest BCUT2D eigenvalue weighted by molar-refractivity contribution is -0.130. The molecule has 11 heteroatoms. The minimum atomic E-state index is -0.511. The third kappa shape index (κ3) is 6.38. The van der Waals surface area contributed by atoms with Crippen LogP contribution in [0.5, 0.6) is 0 Å². The fourth-order valence-corrected chi connectivity index (χ4v) is 12.5. The van der Waals surface area contributed by atoms with E-state index in [2.05, 4.69) is 44.8 Å². The number of anilines is 2. The van der Waals surface area contributed by atoms with Crippen LogP contribution in [0.1, 0.15) is 133 Å². The SMILES string of the molecule is Cn1ncnc1C1c2n[nH]c(=O)c3cc(F)cc(c23)N[C@@H]1c1ccc(NC(=O)CCCCCO[C@@H]2CCC3[C@@H]4CCC5CCCC[C@]5(C)[C@H]4CC[C@@]32C)cc1. The number of fused-ring (bicyclic) bond motifs is 5. The van der Waals surface area contributed by atoms with Gasteiger partial charge in [0.2, 0.25) is 5.91 Å². The van der Waals surface area contributed by atoms with Gasteiger partial charge in [0.25, 0.3) is 5.56 Å². The Morgan fingerprint density at radius 3 is 2.64 bits per heavy atom. The molecule has 4 saturated carbocycles. The van der Waals surface area contributed by atoms with Crippen LogP contribution in [0.2, 0.25) is 0 Å². The summed E-state index contributed by atoms with van der Waals surface area (Å²) in [4.78, 5) is 30.1. The summed E-state index contributed by atoms with van der Waals surface area (Å²) in [7, 11) is 1.81. The molecule has 4 aromatic rings. The van der Waals surface area contributed by atoms with Gasteiger partial charge in [-0.15, -0.1) is 0 Å². The largest absolute Gasteiger partial charge is 0.378 e. The van der Waals surface area contributed by atoms with Crippen LogP contribution in [0.4, 0.5) is 15.8 Å². The topological polar surface area (TPSA) is 127 Å². The number of benzene rings is 2. The molecule has 1 aliphatic heterocycles. The molecule has 4 aliphatic carbocycles. The van der Waals surface area contributed by atoms with Gasteiger partial charge in [-0.25, -0.2) is 14.5 Å². The number of hydrogen-bond acceptors (Lipinski definition) is 7. The van der Waals surface area contributed by atoms with E-state index in [0.717, 1.165) is 55.1 Å². The van der Waals surface area contributed by atoms with E-state index in [9.17, 15) is 14.0 Å². The number of halogens is 1. The van der Waals surface area contributed by atoms with Crippen molar-refractivity contribution < 1.29 is 13.9 Å². The van der Waals surface area contributed by atoms with Crippen LogP contribution in [0, 0.1) is 40.3 Å². The first-order chi connectivity index (χ1) is 26.6. The smallest absolute Gasteiger partial charge is 0.272 e. The van der Waals surface area contributed by atoms with E-state index in [1.54, 1.807) is 4.68 Å². The van der Waals surface area contributed by atoms with Gasteiger partial charge in [0.05, 0.1) is 29.1 Å². The Balaban J connectivity index is 0.770. The molecule has 2 aromatic carbocycles. The van der Waals surface area contributed by atoms with Crippen molar-refractivity contribution in [3.63, 3.8) is 0 Å². The summed E-state index contributed by atoms with van der Waals surface area (Å²) in [5, 5.41) is 18.6. The van der Waals surface area contributed by atoms with Crippen LogP contribution < -0.4 is 16.2 Å². The fraction of sp³-hybridized carbons (Fsp3) is 0.614. The molecular weight excluding hydrogens is 694 g/mol. The molecular formula is C44H56FN7O3. The highest BCUT2D eigenvalue weighted by molar-refractivity contribution is 5.97. The van der Waals surface area contributed by atoms with Gasteiger partial charge >= 0.3 is 0 Å². The first-order valence-electron chi connectivity index (χ1n) is 21.0. The van der Waals surface area contributed by atoms with E-state index in [4.69, 9.17) is 4.74 Å². The van der Waals surface area contributed by atoms with Crippen LogP contribution in [-0.2, 0) is 16.6 Å². The van der Waals surface area contributed by atoms with Gasteiger partial charge in [0.1, 0.15) is 18.0 Å². The Morgan fingerprint density at radius 2 is 1.82 bits per heavy atom. The van der Waals surface area contributed by atoms with Crippen LogP contribution >= 0.6 is 0 Å². The summed E-state index contributed by atoms with van der Waals surface area (Å²) >= 11 is 0. The Labute approximate surface area is 322 Å². The Morgan fingerprint density at radius 1 is 0.982 bits per heavy atom. The molecule has 9 rings (SSSR count). The van der Waals surface area contributed by atoms with Crippen molar-refractivity contribution in [1.29, 1.82) is 0 Å². The van der Waals surface area contributed by atoms with Crippen molar-refractivity contribution in [3.05, 3.63) is 76.0 Å². The second kappa shape index (κ2) is 14.4. The molecule has 2 aromatic heterocycles. The maximum absolute atomic E-state index is 14.6. The molecule has 3 heterocycles. The van der Waals surface area contributed by atoms with Gasteiger partial charge in [-0.3, -0.25) is 14.3 Å². The summed E-state index contributed by atoms with van der Waals surface area (Å²) in [5.41, 5.74) is 3.14. The second-order valence-corrected chi connectivity index (χ2v) is 18.0. The van der Waals surface area contributed by atoms with Crippen molar-refractivity contribution in [2.24, 2.45) is 41.5 Å². The number of unbranched alkanes of at least 4 members (excludes halogenated alkanes) is 2. The van der Waals surface area contributed by atoms with Crippen LogP contribution in [0.3, 0.4) is 0 Å². The maximum atomic E-state index is 14.6. The number of carbonyl (C=O) groups is 1. The number of rotatable bonds is 10. The van der Waals surface area contributed by atoms with E-state index >= 15 is 0 Å². The molecule has 292 valence electrons. The molecule has 0 saturated heterocycles. The average molecular weight is 750 g/mol. The average Bonchev–Trinajstić information content (AvgIpc) is 3.75. The van der Waals surface area contributed by atoms with Gasteiger partial charge in [-0.1, -0.05) is 45.2 Å². The van der Waals surface area contributed by atoms with Crippen molar-refractivity contribution >= 4 is 28.1 Å². The standard InChI is InChI=1S/C44H56FN7O3/c1-43-20-7-6-9-27(43)13-16-30-32-17-18-35(44(32,2)21-19-33(30)43)55-22-8-4-5-10-36(53)48-29-14-11-26(12-15-29)39-38(41-46-25-47-52(41)3)40-37-31(42(54)51-50-40)23-28(45)24-34(37)49-39/h11-12,14-15,23-25,27,30,32-33,35,38-39,49H,4-10,13,16-22H2,1-3H3,(H,48,53)(H,51,54)/t27?,30-,32?,33-,35+,38?,39+,43-,44-/m0/s1. The lowest BCUT2D eigenvalue weighted by Gasteiger charge is -2.60. The molecule has 0 bridgehead atoms. The van der Waals surface area contributed by atoms with Gasteiger partial charge in [0.15, 0.2) is 0 Å². The Bertz CT molecular complexity index is 2120. The van der Waals surface area contributed by atoms with Crippen molar-refractivity contribution in [2.75, 3.05) is 17.2 Å². The third-order valence-electron chi connectivity index (χ3n) is 15.3. The zero-order valence-corrected chi connectivity index (χ0v) is 32.6. The number of aromatic nitrogens is 5. The minimum Gasteiger partial charge on any atom is -0.378 e. The van der Waals surface area contributed by atoms with Gasteiger partial charge in [-0.05, 0) is 129 Å². The van der Waals surface area contributed by atoms with E-state index in [1.807, 2.05) is 31.3 Å². The summed E-state index contributed by atoms with van der Waals surface area (Å²) in [6.45, 7) is 6.00. The quantitative estimate of drug-likeness (QED) is 0.138. The van der Waals surface area contributed by atoms with E-state index in [0.29, 0.717) is 51.6 Å². The van der Waals surface area contributed by atoms with Gasteiger partial charge in [-0.2, -0.15) is 10.2 Å². The zero-order valence-electron chi connectivity index (χ0n) is 32.6. The molecule has 4 fully saturated rings. The Hall–Kier alpha value is -4.12. The lowest BCUT2D eigenvalue weighted by atomic mass is 9.45. The summed E-state index contributed by atoms with van der Waals surface area (Å²) in [5.74, 6) is 3.33. The molecule has 5 aliphatic rings. The second-order valence-electron chi connectivity index (χ2n) is 18.0. The zero-order chi connectivity index (χ0) is 37.9. The molecule has 0 radical (unpaired) electrons. The predicted octanol–water partition coefficient (Wildman–Crippen LogP) is 8.81. The van der Waals surface area contributed by atoms with E-state index in [1.165, 1.54) is 82.7 Å². The van der Waals surface area contributed by atoms with Gasteiger partial charge < -0.3 is 15.4 Å². The monoisotopic (exact) mass is 749 g/mol. The number of nitrogens with zero attached hydrogens (tertiary/aromatic N) is 4. The molecule has 3 N–H and O–H groups in total. The molecule has 55 heavy (non-hydrogen) atoms. The number of aromatic amines is 1. The maximum Gasteiger partial charge on any atom is 0.272 e. The fourth-order valence-electron chi connectivity index (χ4n) is 12.5. The predicted molar refractivity (Wildman–Crippen MR) is 211 cm³/mol. The number of carbonyl (C=O) groups excluding carboxylic acids is 1. The molecule has 0 spiro atoms. The molecule has 3 unspecified atom stereocenters. The first-order valence-corrected chi connectivity index (χ1v) is 21.0. The summed E-state index contributed by atoms with van der Waals surface area (Å²) < 4.78 is 23.0. The summed E-state index contributed by atoms with van der Waals surface area (Å²) in [6.07, 6.45) is 19.1. The van der Waals surface area contributed by atoms with Gasteiger partial charge in [0, 0.05) is 36.8 Å². The highest BCUT2D eigenvalue weighted by atomic mass is 19.1. The number of H-pyrrole nitrogens is 1. The number of hydrogen-bond donors (Lipinski definition) is 3. The van der Waals surface area contributed by atoms with E-state index < -0.39 is 23.3 Å². The third-order valence-corrected chi connectivity index (χ3v) is 15.3. The number of amides is 1. The normalized spacial score (nSPS) is 32.3. The van der Waals surface area contributed by atoms with Crippen molar-refractivity contribution in [2.45, 2.75) is 122 Å². The number of aryl methyl sites for hydroxylation is 1. The number of nitrogens with one attached hydrogen (secondary N) is 3. The summed E-state index contributed by atoms with van der Waals surface area (Å²) in [6, 6.07) is 9.91. The minimum absolute atomic E-state index is 0.00468. The first kappa shape index (κ1) is 36.5. The lowest BCUT2D eigenvalue weighted by Crippen LogP contribution is -2.53. The van der Waals surface area contributed by atoms with E-state index in [-0.39, 0.29) is 11.3 Å². The highest BCUT2D eigenvalue weighted by Gasteiger charge is 2.60. The highest BCUT2D eigenvalue weighted by Crippen LogP contribution is 2.66. The molecule has 1 amide bonds. The molecule has 9 atom stereocenters.